The third-order valence-electron chi connectivity index (χ3n) is 4.71. The zero-order chi connectivity index (χ0) is 15.4. The van der Waals surface area contributed by atoms with Gasteiger partial charge in [-0.3, -0.25) is 9.59 Å². The topological polar surface area (TPSA) is 63.7 Å². The molecule has 0 unspecified atom stereocenters. The fraction of sp³-hybridized carbons (Fsp3) is 0.688. The van der Waals surface area contributed by atoms with Crippen LogP contribution in [0.5, 0.6) is 0 Å². The lowest BCUT2D eigenvalue weighted by molar-refractivity contribution is -0.126. The van der Waals surface area contributed by atoms with Crippen molar-refractivity contribution in [1.29, 1.82) is 0 Å². The van der Waals surface area contributed by atoms with Crippen molar-refractivity contribution >= 4 is 17.8 Å². The van der Waals surface area contributed by atoms with E-state index in [2.05, 4.69) is 0 Å². The minimum atomic E-state index is -0.646. The van der Waals surface area contributed by atoms with Crippen molar-refractivity contribution < 1.29 is 19.1 Å². The number of hydrogen-bond donors (Lipinski definition) is 0. The Balaban J connectivity index is 1.96. The maximum atomic E-state index is 12.4. The SMILES string of the molecule is CC(C)(C)OC(=O)N1C(=O)C[C@]23CCC[C@H]2C(=O)CC=C13. The number of Topliss-reactive ketones (excluding diaryl/α,β-unsaturated/α-hetero) is 1. The molecule has 1 saturated carbocycles. The van der Waals surface area contributed by atoms with Gasteiger partial charge < -0.3 is 4.74 Å². The zero-order valence-corrected chi connectivity index (χ0v) is 12.8. The second-order valence-electron chi connectivity index (χ2n) is 7.25. The molecule has 3 rings (SSSR count). The number of ketones is 1. The third-order valence-corrected chi connectivity index (χ3v) is 4.71. The van der Waals surface area contributed by atoms with Gasteiger partial charge in [-0.2, -0.15) is 0 Å². The average molecular weight is 291 g/mol. The highest BCUT2D eigenvalue weighted by molar-refractivity contribution is 6.00. The van der Waals surface area contributed by atoms with Crippen molar-refractivity contribution in [3.63, 3.8) is 0 Å². The summed E-state index contributed by atoms with van der Waals surface area (Å²) in [6, 6.07) is 0. The summed E-state index contributed by atoms with van der Waals surface area (Å²) >= 11 is 0. The predicted molar refractivity (Wildman–Crippen MR) is 75.2 cm³/mol. The molecule has 2 atom stereocenters. The number of carbonyl (C=O) groups excluding carboxylic acids is 3. The molecule has 2 amide bonds. The van der Waals surface area contributed by atoms with E-state index in [1.54, 1.807) is 26.8 Å². The first-order valence-corrected chi connectivity index (χ1v) is 7.54. The Morgan fingerprint density at radius 3 is 2.76 bits per heavy atom. The van der Waals surface area contributed by atoms with E-state index in [9.17, 15) is 14.4 Å². The summed E-state index contributed by atoms with van der Waals surface area (Å²) < 4.78 is 5.35. The van der Waals surface area contributed by atoms with Crippen LogP contribution in [0.2, 0.25) is 0 Å². The van der Waals surface area contributed by atoms with Gasteiger partial charge in [-0.15, -0.1) is 0 Å². The molecule has 2 aliphatic carbocycles. The van der Waals surface area contributed by atoms with E-state index in [4.69, 9.17) is 4.74 Å². The minimum absolute atomic E-state index is 0.103. The van der Waals surface area contributed by atoms with Crippen LogP contribution < -0.4 is 0 Å². The highest BCUT2D eigenvalue weighted by Crippen LogP contribution is 2.58. The van der Waals surface area contributed by atoms with Gasteiger partial charge in [0.05, 0.1) is 0 Å². The van der Waals surface area contributed by atoms with Gasteiger partial charge in [-0.25, -0.2) is 9.69 Å². The molecule has 5 heteroatoms. The molecule has 1 saturated heterocycles. The lowest BCUT2D eigenvalue weighted by Crippen LogP contribution is -2.40. The number of amides is 2. The third kappa shape index (κ3) is 2.10. The molecule has 2 fully saturated rings. The summed E-state index contributed by atoms with van der Waals surface area (Å²) in [5.74, 6) is -0.138. The Bertz CT molecular complexity index is 557. The summed E-state index contributed by atoms with van der Waals surface area (Å²) in [6.45, 7) is 5.33. The molecule has 0 N–H and O–H groups in total. The maximum absolute atomic E-state index is 12.4. The molecule has 0 radical (unpaired) electrons. The van der Waals surface area contributed by atoms with Crippen molar-refractivity contribution in [2.24, 2.45) is 11.3 Å². The summed E-state index contributed by atoms with van der Waals surface area (Å²) in [5, 5.41) is 0. The van der Waals surface area contributed by atoms with Crippen LogP contribution >= 0.6 is 0 Å². The van der Waals surface area contributed by atoms with E-state index >= 15 is 0 Å². The van der Waals surface area contributed by atoms with E-state index in [1.807, 2.05) is 0 Å². The average Bonchev–Trinajstić information content (AvgIpc) is 2.87. The number of hydrogen-bond acceptors (Lipinski definition) is 4. The van der Waals surface area contributed by atoms with E-state index in [-0.39, 0.29) is 24.0 Å². The highest BCUT2D eigenvalue weighted by Gasteiger charge is 2.59. The van der Waals surface area contributed by atoms with Gasteiger partial charge in [0.25, 0.3) is 0 Å². The molecular formula is C16H21NO4. The Hall–Kier alpha value is -1.65. The second-order valence-corrected chi connectivity index (χ2v) is 7.25. The molecule has 1 aliphatic heterocycles. The van der Waals surface area contributed by atoms with E-state index in [1.165, 1.54) is 4.90 Å². The fourth-order valence-corrected chi connectivity index (χ4v) is 4.00. The highest BCUT2D eigenvalue weighted by atomic mass is 16.6. The van der Waals surface area contributed by atoms with E-state index in [0.717, 1.165) is 19.3 Å². The van der Waals surface area contributed by atoms with Crippen LogP contribution in [-0.2, 0) is 14.3 Å². The monoisotopic (exact) mass is 291 g/mol. The molecule has 21 heavy (non-hydrogen) atoms. The smallest absolute Gasteiger partial charge is 0.421 e. The van der Waals surface area contributed by atoms with Gasteiger partial charge in [0.1, 0.15) is 11.4 Å². The first-order valence-electron chi connectivity index (χ1n) is 7.54. The largest absolute Gasteiger partial charge is 0.443 e. The first kappa shape index (κ1) is 14.3. The number of rotatable bonds is 0. The van der Waals surface area contributed by atoms with Gasteiger partial charge in [0.15, 0.2) is 0 Å². The lowest BCUT2D eigenvalue weighted by Gasteiger charge is -2.35. The molecule has 5 nitrogen and oxygen atoms in total. The number of nitrogens with zero attached hydrogens (tertiary/aromatic N) is 1. The van der Waals surface area contributed by atoms with Crippen molar-refractivity contribution in [1.82, 2.24) is 4.90 Å². The molecule has 0 aromatic carbocycles. The molecule has 3 aliphatic rings. The van der Waals surface area contributed by atoms with Crippen LogP contribution in [0.25, 0.3) is 0 Å². The van der Waals surface area contributed by atoms with Gasteiger partial charge in [0, 0.05) is 29.9 Å². The lowest BCUT2D eigenvalue weighted by atomic mass is 9.69. The Morgan fingerprint density at radius 2 is 2.10 bits per heavy atom. The van der Waals surface area contributed by atoms with Gasteiger partial charge in [0.2, 0.25) is 5.91 Å². The van der Waals surface area contributed by atoms with E-state index < -0.39 is 17.1 Å². The summed E-state index contributed by atoms with van der Waals surface area (Å²) in [5.41, 5.74) is -0.375. The molecule has 1 heterocycles. The van der Waals surface area contributed by atoms with Gasteiger partial charge in [-0.05, 0) is 33.6 Å². The second kappa shape index (κ2) is 4.42. The molecule has 0 aromatic rings. The number of allylic oxidation sites excluding steroid dienone is 2. The maximum Gasteiger partial charge on any atom is 0.421 e. The summed E-state index contributed by atoms with van der Waals surface area (Å²) in [4.78, 5) is 38.0. The molecule has 114 valence electrons. The Labute approximate surface area is 124 Å². The zero-order valence-electron chi connectivity index (χ0n) is 12.8. The van der Waals surface area contributed by atoms with Crippen LogP contribution in [0, 0.1) is 11.3 Å². The van der Waals surface area contributed by atoms with Crippen molar-refractivity contribution in [3.8, 4) is 0 Å². The Kier molecular flexibility index (Phi) is 3.01. The van der Waals surface area contributed by atoms with Gasteiger partial charge in [-0.1, -0.05) is 12.5 Å². The molecule has 0 bridgehead atoms. The van der Waals surface area contributed by atoms with Crippen LogP contribution in [0.1, 0.15) is 52.9 Å². The minimum Gasteiger partial charge on any atom is -0.443 e. The van der Waals surface area contributed by atoms with Crippen molar-refractivity contribution in [2.75, 3.05) is 0 Å². The quantitative estimate of drug-likeness (QED) is 0.688. The first-order chi connectivity index (χ1) is 9.74. The van der Waals surface area contributed by atoms with Crippen LogP contribution in [-0.4, -0.2) is 28.3 Å². The number of imide groups is 1. The summed E-state index contributed by atoms with van der Waals surface area (Å²) in [7, 11) is 0. The van der Waals surface area contributed by atoms with Crippen molar-refractivity contribution in [2.45, 2.75) is 58.5 Å². The Morgan fingerprint density at radius 1 is 1.38 bits per heavy atom. The van der Waals surface area contributed by atoms with Crippen LogP contribution in [0.4, 0.5) is 4.79 Å². The van der Waals surface area contributed by atoms with Crippen LogP contribution in [0.15, 0.2) is 11.8 Å². The number of likely N-dealkylation sites (tertiary alicyclic amines) is 1. The number of carbonyl (C=O) groups is 3. The normalized spacial score (nSPS) is 31.9. The van der Waals surface area contributed by atoms with E-state index in [0.29, 0.717) is 12.1 Å². The predicted octanol–water partition coefficient (Wildman–Crippen LogP) is 2.80. The van der Waals surface area contributed by atoms with Gasteiger partial charge >= 0.3 is 6.09 Å². The molecule has 1 spiro atoms. The standard InChI is InChI=1S/C16H21NO4/c1-15(2,3)21-14(20)17-12-7-6-11(18)10-5-4-8-16(10,12)9-13(17)19/h7,10H,4-6,8-9H2,1-3H3/t10-,16+/m0/s1. The molecular weight excluding hydrogens is 270 g/mol. The van der Waals surface area contributed by atoms with Crippen LogP contribution in [0.3, 0.4) is 0 Å². The fourth-order valence-electron chi connectivity index (χ4n) is 4.00. The molecule has 0 aromatic heterocycles. The number of ether oxygens (including phenoxy) is 1. The van der Waals surface area contributed by atoms with Crippen molar-refractivity contribution in [3.05, 3.63) is 11.8 Å². The summed E-state index contributed by atoms with van der Waals surface area (Å²) in [6.07, 6.45) is 4.28.